The highest BCUT2D eigenvalue weighted by Crippen LogP contribution is 2.27. The molecular weight excluding hydrogens is 480 g/mol. The lowest BCUT2D eigenvalue weighted by atomic mass is 10.1. The van der Waals surface area contributed by atoms with Crippen LogP contribution in [0.5, 0.6) is 23.0 Å². The average Bonchev–Trinajstić information content (AvgIpc) is 3.38. The fraction of sp³-hybridized carbons (Fsp3) is 0.308. The van der Waals surface area contributed by atoms with Crippen LogP contribution in [0.1, 0.15) is 34.6 Å². The summed E-state index contributed by atoms with van der Waals surface area (Å²) in [6.45, 7) is 4.00. The Bertz CT molecular complexity index is 1110. The zero-order chi connectivity index (χ0) is 27.5. The molecule has 37 heavy (non-hydrogen) atoms. The van der Waals surface area contributed by atoms with Crippen LogP contribution in [0.2, 0.25) is 0 Å². The minimum atomic E-state index is -0.371. The molecule has 0 atom stereocenters. The van der Waals surface area contributed by atoms with Crippen LogP contribution in [-0.2, 0) is 0 Å². The van der Waals surface area contributed by atoms with Gasteiger partial charge in [0.15, 0.2) is 0 Å². The molecule has 2 amide bonds. The molecule has 0 aliphatic rings. The number of furan rings is 1. The van der Waals surface area contributed by atoms with Gasteiger partial charge in [-0.3, -0.25) is 30.5 Å². The van der Waals surface area contributed by atoms with E-state index < -0.39 is 0 Å². The average molecular weight is 515 g/mol. The zero-order valence-corrected chi connectivity index (χ0v) is 22.4. The van der Waals surface area contributed by atoms with Gasteiger partial charge in [0, 0.05) is 26.2 Å². The molecule has 2 N–H and O–H groups in total. The van der Waals surface area contributed by atoms with E-state index in [2.05, 4.69) is 10.9 Å². The SMILES string of the molecule is CC.COc1ccc(OC)c(C(=O)N(C)Nc2ccc(NN(C)C(=O)c3cc(OC)ccc3OC)o2)c1. The first-order valence-electron chi connectivity index (χ1n) is 11.4. The predicted octanol–water partition coefficient (Wildman–Crippen LogP) is 4.54. The second-order valence-corrected chi connectivity index (χ2v) is 7.25. The molecule has 3 aromatic rings. The van der Waals surface area contributed by atoms with Gasteiger partial charge in [-0.15, -0.1) is 0 Å². The summed E-state index contributed by atoms with van der Waals surface area (Å²) in [4.78, 5) is 25.9. The van der Waals surface area contributed by atoms with Crippen molar-refractivity contribution in [3.8, 4) is 23.0 Å². The van der Waals surface area contributed by atoms with Crippen molar-refractivity contribution >= 4 is 23.6 Å². The molecule has 11 heteroatoms. The zero-order valence-electron chi connectivity index (χ0n) is 22.4. The Morgan fingerprint density at radius 3 is 1.35 bits per heavy atom. The third-order valence-electron chi connectivity index (χ3n) is 5.05. The Kier molecular flexibility index (Phi) is 10.5. The van der Waals surface area contributed by atoms with Crippen molar-refractivity contribution in [2.24, 2.45) is 0 Å². The fourth-order valence-corrected chi connectivity index (χ4v) is 3.21. The molecule has 0 aliphatic carbocycles. The summed E-state index contributed by atoms with van der Waals surface area (Å²) in [7, 11) is 9.08. The standard InChI is InChI=1S/C24H28N4O7.C2H6/c1-27(23(29)17-13-15(31-3)7-9-19(17)33-5)25-21-11-12-22(35-21)26-28(2)24(30)18-14-16(32-4)8-10-20(18)34-6;1-2/h7-14,25-26H,1-6H3;1-2H3. The van der Waals surface area contributed by atoms with Gasteiger partial charge in [-0.2, -0.15) is 0 Å². The summed E-state index contributed by atoms with van der Waals surface area (Å²) in [6.07, 6.45) is 0. The minimum absolute atomic E-state index is 0.269. The summed E-state index contributed by atoms with van der Waals surface area (Å²) in [6, 6.07) is 13.1. The molecule has 0 bridgehead atoms. The van der Waals surface area contributed by atoms with Crippen molar-refractivity contribution < 1.29 is 33.0 Å². The van der Waals surface area contributed by atoms with Gasteiger partial charge in [0.25, 0.3) is 11.8 Å². The fourth-order valence-electron chi connectivity index (χ4n) is 3.21. The molecule has 0 radical (unpaired) electrons. The third-order valence-corrected chi connectivity index (χ3v) is 5.05. The van der Waals surface area contributed by atoms with E-state index in [1.165, 1.54) is 38.5 Å². The highest BCUT2D eigenvalue weighted by atomic mass is 16.5. The number of benzene rings is 2. The Morgan fingerprint density at radius 2 is 1.03 bits per heavy atom. The number of rotatable bonds is 10. The highest BCUT2D eigenvalue weighted by Gasteiger charge is 2.21. The molecule has 1 aromatic heterocycles. The molecule has 0 fully saturated rings. The Morgan fingerprint density at radius 1 is 0.649 bits per heavy atom. The van der Waals surface area contributed by atoms with Crippen molar-refractivity contribution in [1.29, 1.82) is 0 Å². The number of hydrogen-bond donors (Lipinski definition) is 2. The van der Waals surface area contributed by atoms with Crippen LogP contribution in [0.3, 0.4) is 0 Å². The van der Waals surface area contributed by atoms with Gasteiger partial charge < -0.3 is 23.4 Å². The summed E-state index contributed by atoms with van der Waals surface area (Å²) in [5.41, 5.74) is 6.33. The molecule has 2 aromatic carbocycles. The molecule has 0 unspecified atom stereocenters. The summed E-state index contributed by atoms with van der Waals surface area (Å²) in [5.74, 6) is 1.64. The van der Waals surface area contributed by atoms with Crippen molar-refractivity contribution in [2.45, 2.75) is 13.8 Å². The van der Waals surface area contributed by atoms with E-state index in [9.17, 15) is 9.59 Å². The molecule has 0 aliphatic heterocycles. The Labute approximate surface area is 216 Å². The van der Waals surface area contributed by atoms with E-state index in [1.807, 2.05) is 13.8 Å². The number of carbonyl (C=O) groups is 2. The first kappa shape index (κ1) is 28.7. The van der Waals surface area contributed by atoms with E-state index in [-0.39, 0.29) is 23.6 Å². The maximum absolute atomic E-state index is 12.9. The van der Waals surface area contributed by atoms with E-state index in [4.69, 9.17) is 23.4 Å². The topological polar surface area (TPSA) is 115 Å². The van der Waals surface area contributed by atoms with Gasteiger partial charge in [-0.25, -0.2) is 0 Å². The summed E-state index contributed by atoms with van der Waals surface area (Å²) in [5, 5.41) is 2.49. The van der Waals surface area contributed by atoms with Gasteiger partial charge in [-0.05, 0) is 36.4 Å². The molecule has 0 spiro atoms. The monoisotopic (exact) mass is 514 g/mol. The number of hydrazine groups is 2. The molecule has 200 valence electrons. The van der Waals surface area contributed by atoms with Crippen molar-refractivity contribution in [3.63, 3.8) is 0 Å². The normalized spacial score (nSPS) is 9.84. The summed E-state index contributed by atoms with van der Waals surface area (Å²) >= 11 is 0. The van der Waals surface area contributed by atoms with Crippen LogP contribution in [0.4, 0.5) is 11.8 Å². The molecule has 11 nitrogen and oxygen atoms in total. The number of nitrogens with zero attached hydrogens (tertiary/aromatic N) is 2. The number of anilines is 2. The van der Waals surface area contributed by atoms with Crippen molar-refractivity contribution in [1.82, 2.24) is 10.0 Å². The van der Waals surface area contributed by atoms with E-state index >= 15 is 0 Å². The van der Waals surface area contributed by atoms with Crippen LogP contribution in [0.15, 0.2) is 52.9 Å². The number of amides is 2. The van der Waals surface area contributed by atoms with Crippen LogP contribution < -0.4 is 29.8 Å². The highest BCUT2D eigenvalue weighted by molar-refractivity contribution is 5.98. The minimum Gasteiger partial charge on any atom is -0.497 e. The Hall–Kier alpha value is -4.54. The molecule has 3 rings (SSSR count). The first-order chi connectivity index (χ1) is 17.8. The molecular formula is C26H34N4O7. The number of nitrogens with one attached hydrogen (secondary N) is 2. The van der Waals surface area contributed by atoms with E-state index in [0.717, 1.165) is 0 Å². The smallest absolute Gasteiger partial charge is 0.275 e. The second kappa shape index (κ2) is 13.5. The maximum Gasteiger partial charge on any atom is 0.275 e. The summed E-state index contributed by atoms with van der Waals surface area (Å²) < 4.78 is 26.7. The van der Waals surface area contributed by atoms with E-state index in [0.29, 0.717) is 34.1 Å². The quantitative estimate of drug-likeness (QED) is 0.376. The van der Waals surface area contributed by atoms with Crippen LogP contribution >= 0.6 is 0 Å². The molecule has 0 saturated carbocycles. The van der Waals surface area contributed by atoms with Crippen molar-refractivity contribution in [2.75, 3.05) is 53.4 Å². The number of hydrogen-bond acceptors (Lipinski definition) is 9. The number of carbonyl (C=O) groups excluding carboxylic acids is 2. The predicted molar refractivity (Wildman–Crippen MR) is 141 cm³/mol. The van der Waals surface area contributed by atoms with Crippen molar-refractivity contribution in [3.05, 3.63) is 59.7 Å². The lowest BCUT2D eigenvalue weighted by molar-refractivity contribution is 0.0815. The molecule has 0 saturated heterocycles. The lowest BCUT2D eigenvalue weighted by Gasteiger charge is -2.20. The van der Waals surface area contributed by atoms with E-state index in [1.54, 1.807) is 62.6 Å². The van der Waals surface area contributed by atoms with Gasteiger partial charge in [0.1, 0.15) is 23.0 Å². The first-order valence-corrected chi connectivity index (χ1v) is 11.4. The second-order valence-electron chi connectivity index (χ2n) is 7.25. The van der Waals surface area contributed by atoms with Crippen LogP contribution in [0.25, 0.3) is 0 Å². The van der Waals surface area contributed by atoms with Crippen LogP contribution in [-0.4, -0.2) is 64.4 Å². The molecule has 1 heterocycles. The van der Waals surface area contributed by atoms with Gasteiger partial charge in [0.2, 0.25) is 11.8 Å². The van der Waals surface area contributed by atoms with Gasteiger partial charge >= 0.3 is 0 Å². The lowest BCUT2D eigenvalue weighted by Crippen LogP contribution is -2.33. The van der Waals surface area contributed by atoms with Gasteiger partial charge in [0.05, 0.1) is 39.6 Å². The van der Waals surface area contributed by atoms with Crippen LogP contribution in [0, 0.1) is 0 Å². The Balaban J connectivity index is 0.00000235. The number of methoxy groups -OCH3 is 4. The maximum atomic E-state index is 12.9. The van der Waals surface area contributed by atoms with Gasteiger partial charge in [-0.1, -0.05) is 13.8 Å². The third kappa shape index (κ3) is 7.00. The largest absolute Gasteiger partial charge is 0.497 e. The number of ether oxygens (including phenoxy) is 4.